The van der Waals surface area contributed by atoms with Crippen LogP contribution in [0.1, 0.15) is 31.9 Å². The minimum atomic E-state index is -2.30. The summed E-state index contributed by atoms with van der Waals surface area (Å²) in [6.07, 6.45) is 0. The van der Waals surface area contributed by atoms with E-state index in [2.05, 4.69) is 34.6 Å². The van der Waals surface area contributed by atoms with Crippen LogP contribution in [0, 0.1) is 5.82 Å². The van der Waals surface area contributed by atoms with Gasteiger partial charge in [-0.2, -0.15) is 4.36 Å². The summed E-state index contributed by atoms with van der Waals surface area (Å²) in [7, 11) is -1.08. The van der Waals surface area contributed by atoms with Gasteiger partial charge in [0.05, 0.1) is 7.11 Å². The second-order valence-electron chi connectivity index (χ2n) is 7.26. The summed E-state index contributed by atoms with van der Waals surface area (Å²) in [6.45, 7) is 6.09. The van der Waals surface area contributed by atoms with Gasteiger partial charge in [-0.1, -0.05) is 44.5 Å². The molecule has 2 rings (SSSR count). The Balaban J connectivity index is 1.90. The lowest BCUT2D eigenvalue weighted by atomic mass is 9.87. The molecule has 9 heteroatoms. The Kier molecular flexibility index (Phi) is 8.01. The number of amides is 1. The number of thiol groups is 1. The van der Waals surface area contributed by atoms with Crippen molar-refractivity contribution in [1.82, 2.24) is 5.32 Å². The van der Waals surface area contributed by atoms with Gasteiger partial charge < -0.3 is 10.1 Å². The fraction of sp³-hybridized carbons (Fsp3) is 0.350. The molecule has 29 heavy (non-hydrogen) atoms. The number of benzene rings is 2. The number of halogens is 2. The molecule has 0 radical (unpaired) electrons. The van der Waals surface area contributed by atoms with Gasteiger partial charge >= 0.3 is 0 Å². The summed E-state index contributed by atoms with van der Waals surface area (Å²) in [5, 5.41) is 3.22. The molecule has 6 nitrogen and oxygen atoms in total. The maximum atomic E-state index is 14.0. The summed E-state index contributed by atoms with van der Waals surface area (Å²) < 4.78 is 38.8. The zero-order valence-electron chi connectivity index (χ0n) is 16.7. The zero-order chi connectivity index (χ0) is 21.6. The van der Waals surface area contributed by atoms with Crippen molar-refractivity contribution in [3.8, 4) is 5.75 Å². The molecule has 0 heterocycles. The van der Waals surface area contributed by atoms with Crippen molar-refractivity contribution in [3.05, 3.63) is 58.4 Å². The van der Waals surface area contributed by atoms with E-state index >= 15 is 0 Å². The molecule has 2 aromatic carbocycles. The predicted octanol–water partition coefficient (Wildman–Crippen LogP) is 4.33. The number of carbonyl (C=O) groups excluding carboxylic acids is 1. The lowest BCUT2D eigenvalue weighted by molar-refractivity contribution is -0.123. The molecule has 0 aliphatic rings. The van der Waals surface area contributed by atoms with E-state index in [1.165, 1.54) is 19.2 Å². The molecular formula is C20H24ClFN2O4S. The van der Waals surface area contributed by atoms with Gasteiger partial charge in [-0.05, 0) is 40.8 Å². The number of rotatable bonds is 7. The smallest absolute Gasteiger partial charge is 0.258 e. The number of hydrogen-bond acceptors (Lipinski definition) is 5. The van der Waals surface area contributed by atoms with Crippen LogP contribution in [-0.2, 0) is 31.8 Å². The monoisotopic (exact) mass is 442 g/mol. The minimum absolute atomic E-state index is 0.0676. The molecule has 0 spiro atoms. The lowest BCUT2D eigenvalue weighted by Gasteiger charge is -2.21. The number of carbonyl (C=O) groups is 1. The van der Waals surface area contributed by atoms with Crippen molar-refractivity contribution in [2.75, 3.05) is 13.7 Å². The van der Waals surface area contributed by atoms with Gasteiger partial charge in [0.25, 0.3) is 5.91 Å². The molecule has 1 amide bonds. The highest BCUT2D eigenvalue weighted by Crippen LogP contribution is 2.32. The van der Waals surface area contributed by atoms with E-state index in [0.717, 1.165) is 5.56 Å². The molecule has 1 unspecified atom stereocenters. The summed E-state index contributed by atoms with van der Waals surface area (Å²) in [5.41, 5.74) is 1.36. The van der Waals surface area contributed by atoms with E-state index in [-0.39, 0.29) is 30.2 Å². The van der Waals surface area contributed by atoms with Crippen molar-refractivity contribution in [2.45, 2.75) is 32.7 Å². The number of hydrogen-bond donors (Lipinski definition) is 2. The SMILES string of the molecule is CO[SH](=O)=Nc1ccc(CNC(=O)COc2ccc(C(C)(C)C)c(Cl)c2)cc1F. The van der Waals surface area contributed by atoms with E-state index in [1.54, 1.807) is 18.2 Å². The number of nitrogens with one attached hydrogen (secondary N) is 1. The molecule has 0 aliphatic heterocycles. The Hall–Kier alpha value is -2.16. The fourth-order valence-corrected chi connectivity index (χ4v) is 3.34. The molecule has 2 aromatic rings. The second kappa shape index (κ2) is 10.0. The largest absolute Gasteiger partial charge is 0.484 e. The normalized spacial score (nSPS) is 12.6. The standard InChI is InChI=1S/C20H24ClFN2O4S/c1-20(2,3)15-7-6-14(10-16(15)21)28-12-19(25)23-11-13-5-8-18(17(22)9-13)24-29(26)27-4/h5-10,29H,11-12H2,1-4H3,(H,23,25). The molecule has 1 atom stereocenters. The average Bonchev–Trinajstić information content (AvgIpc) is 2.65. The molecule has 0 bridgehead atoms. The first kappa shape index (κ1) is 23.1. The topological polar surface area (TPSA) is 77.0 Å². The molecule has 0 saturated heterocycles. The third-order valence-electron chi connectivity index (χ3n) is 3.97. The second-order valence-corrected chi connectivity index (χ2v) is 8.71. The first-order chi connectivity index (χ1) is 13.6. The van der Waals surface area contributed by atoms with Crippen molar-refractivity contribution in [2.24, 2.45) is 4.36 Å². The van der Waals surface area contributed by atoms with E-state index in [9.17, 15) is 13.4 Å². The third-order valence-corrected chi connectivity index (χ3v) is 4.97. The zero-order valence-corrected chi connectivity index (χ0v) is 18.3. The lowest BCUT2D eigenvalue weighted by Crippen LogP contribution is -2.28. The third kappa shape index (κ3) is 6.99. The van der Waals surface area contributed by atoms with Crippen molar-refractivity contribution < 1.29 is 22.3 Å². The van der Waals surface area contributed by atoms with Crippen LogP contribution in [0.5, 0.6) is 5.75 Å². The first-order valence-electron chi connectivity index (χ1n) is 8.81. The predicted molar refractivity (Wildman–Crippen MR) is 113 cm³/mol. The Labute approximate surface area is 176 Å². The molecule has 0 saturated carbocycles. The minimum Gasteiger partial charge on any atom is -0.484 e. The van der Waals surface area contributed by atoms with E-state index < -0.39 is 16.7 Å². The van der Waals surface area contributed by atoms with Crippen LogP contribution >= 0.6 is 11.6 Å². The first-order valence-corrected chi connectivity index (χ1v) is 10.3. The van der Waals surface area contributed by atoms with Crippen LogP contribution in [0.25, 0.3) is 0 Å². The van der Waals surface area contributed by atoms with Gasteiger partial charge in [-0.3, -0.25) is 8.98 Å². The summed E-state index contributed by atoms with van der Waals surface area (Å²) >= 11 is 6.29. The Morgan fingerprint density at radius 3 is 2.55 bits per heavy atom. The Morgan fingerprint density at radius 1 is 1.24 bits per heavy atom. The summed E-state index contributed by atoms with van der Waals surface area (Å²) in [6, 6.07) is 9.48. The van der Waals surface area contributed by atoms with Gasteiger partial charge in [0.1, 0.15) is 17.3 Å². The van der Waals surface area contributed by atoms with Crippen LogP contribution in [0.15, 0.2) is 40.8 Å². The Bertz CT molecular complexity index is 969. The molecule has 1 N–H and O–H groups in total. The van der Waals surface area contributed by atoms with Crippen molar-refractivity contribution in [3.63, 3.8) is 0 Å². The molecule has 158 valence electrons. The van der Waals surface area contributed by atoms with Gasteiger partial charge in [0.15, 0.2) is 17.5 Å². The quantitative estimate of drug-likeness (QED) is 0.626. The van der Waals surface area contributed by atoms with E-state index in [0.29, 0.717) is 16.3 Å². The van der Waals surface area contributed by atoms with Crippen LogP contribution in [0.2, 0.25) is 5.02 Å². The fourth-order valence-electron chi connectivity index (χ4n) is 2.46. The highest BCUT2D eigenvalue weighted by Gasteiger charge is 2.17. The maximum absolute atomic E-state index is 14.0. The summed E-state index contributed by atoms with van der Waals surface area (Å²) in [5.74, 6) is -0.526. The number of ether oxygens (including phenoxy) is 1. The van der Waals surface area contributed by atoms with Gasteiger partial charge in [0, 0.05) is 11.6 Å². The Morgan fingerprint density at radius 2 is 1.97 bits per heavy atom. The molecule has 0 fully saturated rings. The highest BCUT2D eigenvalue weighted by atomic mass is 35.5. The van der Waals surface area contributed by atoms with Crippen LogP contribution < -0.4 is 10.1 Å². The van der Waals surface area contributed by atoms with Crippen LogP contribution in [0.4, 0.5) is 10.1 Å². The maximum Gasteiger partial charge on any atom is 0.258 e. The molecular weight excluding hydrogens is 419 g/mol. The molecule has 0 aromatic heterocycles. The van der Waals surface area contributed by atoms with Gasteiger partial charge in [0.2, 0.25) is 0 Å². The number of nitrogens with zero attached hydrogens (tertiary/aromatic N) is 1. The van der Waals surface area contributed by atoms with Gasteiger partial charge in [-0.25, -0.2) is 8.60 Å². The molecule has 0 aliphatic carbocycles. The highest BCUT2D eigenvalue weighted by molar-refractivity contribution is 7.69. The van der Waals surface area contributed by atoms with Gasteiger partial charge in [-0.15, -0.1) is 0 Å². The van der Waals surface area contributed by atoms with Crippen molar-refractivity contribution >= 4 is 34.1 Å². The van der Waals surface area contributed by atoms with Crippen molar-refractivity contribution in [1.29, 1.82) is 0 Å². The summed E-state index contributed by atoms with van der Waals surface area (Å²) in [4.78, 5) is 12.0. The van der Waals surface area contributed by atoms with E-state index in [1.807, 2.05) is 6.07 Å². The van der Waals surface area contributed by atoms with E-state index in [4.69, 9.17) is 16.3 Å². The van der Waals surface area contributed by atoms with Crippen LogP contribution in [-0.4, -0.2) is 23.8 Å². The average molecular weight is 443 g/mol. The van der Waals surface area contributed by atoms with Crippen LogP contribution in [0.3, 0.4) is 0 Å².